The number of hydrogen-bond acceptors (Lipinski definition) is 4. The molecule has 0 radical (unpaired) electrons. The van der Waals surface area contributed by atoms with Crippen molar-refractivity contribution in [3.05, 3.63) is 0 Å². The third-order valence-corrected chi connectivity index (χ3v) is 4.54. The zero-order valence-electron chi connectivity index (χ0n) is 14.2. The van der Waals surface area contributed by atoms with Crippen LogP contribution in [0, 0.1) is 5.92 Å². The molecule has 1 aliphatic carbocycles. The summed E-state index contributed by atoms with van der Waals surface area (Å²) in [6.07, 6.45) is 7.99. The van der Waals surface area contributed by atoms with Gasteiger partial charge in [0.2, 0.25) is 0 Å². The van der Waals surface area contributed by atoms with Crippen molar-refractivity contribution in [1.29, 1.82) is 0 Å². The van der Waals surface area contributed by atoms with Crippen LogP contribution in [0.4, 0.5) is 0 Å². The molecular formula is C17H33NO3. The van der Waals surface area contributed by atoms with Gasteiger partial charge in [-0.05, 0) is 64.3 Å². The lowest BCUT2D eigenvalue weighted by atomic mass is 9.89. The first-order valence-corrected chi connectivity index (χ1v) is 8.47. The molecule has 0 bridgehead atoms. The number of esters is 1. The first-order valence-electron chi connectivity index (χ1n) is 8.47. The predicted octanol–water partition coefficient (Wildman–Crippen LogP) is 3.29. The minimum absolute atomic E-state index is 0.178. The van der Waals surface area contributed by atoms with Crippen molar-refractivity contribution in [1.82, 2.24) is 5.32 Å². The standard InChI is InChI=1S/C17H33NO3/c1-5-12-18-17(3,16(19)20-4)11-6-13-21-15-9-7-14(2)8-10-15/h14-15,18H,5-13H2,1-4H3. The molecule has 1 atom stereocenters. The molecule has 1 unspecified atom stereocenters. The highest BCUT2D eigenvalue weighted by atomic mass is 16.5. The van der Waals surface area contributed by atoms with Gasteiger partial charge in [-0.3, -0.25) is 4.79 Å². The van der Waals surface area contributed by atoms with Gasteiger partial charge in [-0.15, -0.1) is 0 Å². The molecule has 0 aromatic heterocycles. The Bertz CT molecular complexity index is 300. The highest BCUT2D eigenvalue weighted by Crippen LogP contribution is 2.26. The molecule has 0 saturated heterocycles. The van der Waals surface area contributed by atoms with Gasteiger partial charge in [-0.25, -0.2) is 0 Å². The number of methoxy groups -OCH3 is 1. The van der Waals surface area contributed by atoms with E-state index in [0.717, 1.165) is 38.3 Å². The summed E-state index contributed by atoms with van der Waals surface area (Å²) >= 11 is 0. The van der Waals surface area contributed by atoms with E-state index >= 15 is 0 Å². The molecule has 4 heteroatoms. The van der Waals surface area contributed by atoms with Crippen LogP contribution in [0.1, 0.15) is 65.7 Å². The Kier molecular flexibility index (Phi) is 8.27. The Morgan fingerprint density at radius 1 is 1.29 bits per heavy atom. The molecule has 1 saturated carbocycles. The van der Waals surface area contributed by atoms with Crippen molar-refractivity contribution in [2.45, 2.75) is 77.4 Å². The molecule has 1 fully saturated rings. The molecule has 1 aliphatic rings. The number of ether oxygens (including phenoxy) is 2. The summed E-state index contributed by atoms with van der Waals surface area (Å²) in [6.45, 7) is 7.90. The fourth-order valence-corrected chi connectivity index (χ4v) is 2.96. The quantitative estimate of drug-likeness (QED) is 0.524. The van der Waals surface area contributed by atoms with E-state index in [-0.39, 0.29) is 5.97 Å². The normalized spacial score (nSPS) is 25.3. The molecule has 1 rings (SSSR count). The van der Waals surface area contributed by atoms with Crippen LogP contribution >= 0.6 is 0 Å². The summed E-state index contributed by atoms with van der Waals surface area (Å²) < 4.78 is 10.9. The predicted molar refractivity (Wildman–Crippen MR) is 85.3 cm³/mol. The summed E-state index contributed by atoms with van der Waals surface area (Å²) in [5.41, 5.74) is -0.588. The minimum Gasteiger partial charge on any atom is -0.468 e. The molecule has 0 spiro atoms. The Labute approximate surface area is 130 Å². The molecule has 4 nitrogen and oxygen atoms in total. The monoisotopic (exact) mass is 299 g/mol. The fourth-order valence-electron chi connectivity index (χ4n) is 2.96. The Morgan fingerprint density at radius 2 is 1.95 bits per heavy atom. The SMILES string of the molecule is CCCNC(C)(CCCOC1CCC(C)CC1)C(=O)OC. The highest BCUT2D eigenvalue weighted by molar-refractivity contribution is 5.80. The van der Waals surface area contributed by atoms with E-state index in [4.69, 9.17) is 9.47 Å². The van der Waals surface area contributed by atoms with E-state index in [0.29, 0.717) is 6.10 Å². The second kappa shape index (κ2) is 9.42. The van der Waals surface area contributed by atoms with Crippen molar-refractivity contribution < 1.29 is 14.3 Å². The summed E-state index contributed by atoms with van der Waals surface area (Å²) in [5, 5.41) is 3.31. The molecule has 0 aliphatic heterocycles. The summed E-state index contributed by atoms with van der Waals surface area (Å²) in [4.78, 5) is 11.9. The van der Waals surface area contributed by atoms with Gasteiger partial charge in [0.1, 0.15) is 5.54 Å². The van der Waals surface area contributed by atoms with Crippen LogP contribution in [0.3, 0.4) is 0 Å². The second-order valence-corrected chi connectivity index (χ2v) is 6.61. The third kappa shape index (κ3) is 6.35. The first kappa shape index (κ1) is 18.4. The Hall–Kier alpha value is -0.610. The van der Waals surface area contributed by atoms with Gasteiger partial charge in [-0.1, -0.05) is 13.8 Å². The lowest BCUT2D eigenvalue weighted by Crippen LogP contribution is -2.50. The van der Waals surface area contributed by atoms with Crippen molar-refractivity contribution in [3.63, 3.8) is 0 Å². The molecule has 0 heterocycles. The van der Waals surface area contributed by atoms with E-state index in [1.807, 2.05) is 6.92 Å². The number of hydrogen-bond donors (Lipinski definition) is 1. The molecule has 0 aromatic carbocycles. The van der Waals surface area contributed by atoms with Gasteiger partial charge in [0.05, 0.1) is 13.2 Å². The number of carbonyl (C=O) groups is 1. The van der Waals surface area contributed by atoms with Crippen molar-refractivity contribution >= 4 is 5.97 Å². The molecular weight excluding hydrogens is 266 g/mol. The largest absolute Gasteiger partial charge is 0.468 e. The molecule has 21 heavy (non-hydrogen) atoms. The number of carbonyl (C=O) groups excluding carboxylic acids is 1. The van der Waals surface area contributed by atoms with Gasteiger partial charge in [0.25, 0.3) is 0 Å². The van der Waals surface area contributed by atoms with E-state index in [1.54, 1.807) is 0 Å². The number of rotatable bonds is 9. The van der Waals surface area contributed by atoms with Crippen molar-refractivity contribution in [2.75, 3.05) is 20.3 Å². The summed E-state index contributed by atoms with van der Waals surface area (Å²) in [7, 11) is 1.45. The van der Waals surface area contributed by atoms with Crippen molar-refractivity contribution in [3.8, 4) is 0 Å². The zero-order chi connectivity index (χ0) is 15.7. The van der Waals surface area contributed by atoms with Gasteiger partial charge in [-0.2, -0.15) is 0 Å². The van der Waals surface area contributed by atoms with Crippen LogP contribution in [-0.2, 0) is 14.3 Å². The van der Waals surface area contributed by atoms with Crippen molar-refractivity contribution in [2.24, 2.45) is 5.92 Å². The molecule has 1 N–H and O–H groups in total. The van der Waals surface area contributed by atoms with E-state index in [2.05, 4.69) is 19.2 Å². The average Bonchev–Trinajstić information content (AvgIpc) is 2.50. The maximum absolute atomic E-state index is 11.9. The Morgan fingerprint density at radius 3 is 2.52 bits per heavy atom. The van der Waals surface area contributed by atoms with Gasteiger partial charge in [0, 0.05) is 6.61 Å². The fraction of sp³-hybridized carbons (Fsp3) is 0.941. The van der Waals surface area contributed by atoms with Crippen LogP contribution in [0.15, 0.2) is 0 Å². The Balaban J connectivity index is 2.28. The molecule has 0 amide bonds. The lowest BCUT2D eigenvalue weighted by Gasteiger charge is -2.29. The average molecular weight is 299 g/mol. The van der Waals surface area contributed by atoms with Gasteiger partial charge in [0.15, 0.2) is 0 Å². The smallest absolute Gasteiger partial charge is 0.325 e. The number of nitrogens with one attached hydrogen (secondary N) is 1. The summed E-state index contributed by atoms with van der Waals surface area (Å²) in [6, 6.07) is 0. The summed E-state index contributed by atoms with van der Waals surface area (Å²) in [5.74, 6) is 0.674. The van der Waals surface area contributed by atoms with Gasteiger partial charge >= 0.3 is 5.97 Å². The first-order chi connectivity index (χ1) is 10.0. The second-order valence-electron chi connectivity index (χ2n) is 6.61. The van der Waals surface area contributed by atoms with Crippen LogP contribution < -0.4 is 5.32 Å². The minimum atomic E-state index is -0.588. The maximum atomic E-state index is 11.9. The van der Waals surface area contributed by atoms with E-state index in [1.165, 1.54) is 32.8 Å². The maximum Gasteiger partial charge on any atom is 0.325 e. The van der Waals surface area contributed by atoms with Gasteiger partial charge < -0.3 is 14.8 Å². The zero-order valence-corrected chi connectivity index (χ0v) is 14.2. The third-order valence-electron chi connectivity index (χ3n) is 4.54. The van der Waals surface area contributed by atoms with Crippen LogP contribution in [-0.4, -0.2) is 37.9 Å². The van der Waals surface area contributed by atoms with E-state index in [9.17, 15) is 4.79 Å². The topological polar surface area (TPSA) is 47.6 Å². The van der Waals surface area contributed by atoms with Crippen LogP contribution in [0.2, 0.25) is 0 Å². The van der Waals surface area contributed by atoms with Crippen LogP contribution in [0.25, 0.3) is 0 Å². The highest BCUT2D eigenvalue weighted by Gasteiger charge is 2.33. The molecule has 124 valence electrons. The lowest BCUT2D eigenvalue weighted by molar-refractivity contribution is -0.148. The van der Waals surface area contributed by atoms with E-state index < -0.39 is 5.54 Å². The molecule has 0 aromatic rings. The van der Waals surface area contributed by atoms with Crippen LogP contribution in [0.5, 0.6) is 0 Å².